The zero-order valence-corrected chi connectivity index (χ0v) is 12.1. The lowest BCUT2D eigenvalue weighted by Crippen LogP contribution is -2.28. The predicted octanol–water partition coefficient (Wildman–Crippen LogP) is 3.71. The van der Waals surface area contributed by atoms with E-state index in [1.165, 1.54) is 16.7 Å². The minimum Gasteiger partial charge on any atom is -0.491 e. The number of nitrogens with one attached hydrogen (secondary N) is 1. The fourth-order valence-electron chi connectivity index (χ4n) is 2.84. The van der Waals surface area contributed by atoms with Crippen LogP contribution in [0.2, 0.25) is 0 Å². The summed E-state index contributed by atoms with van der Waals surface area (Å²) in [5.74, 6) is 1.38. The average molecular weight is 267 g/mol. The van der Waals surface area contributed by atoms with E-state index < -0.39 is 0 Å². The first-order chi connectivity index (χ1) is 9.74. The topological polar surface area (TPSA) is 21.3 Å². The van der Waals surface area contributed by atoms with Crippen LogP contribution in [0.25, 0.3) is 0 Å². The third-order valence-corrected chi connectivity index (χ3v) is 3.75. The van der Waals surface area contributed by atoms with Crippen molar-refractivity contribution in [2.45, 2.75) is 32.4 Å². The average Bonchev–Trinajstić information content (AvgIpc) is 2.47. The van der Waals surface area contributed by atoms with Crippen molar-refractivity contribution in [2.24, 2.45) is 0 Å². The van der Waals surface area contributed by atoms with Crippen molar-refractivity contribution in [3.05, 3.63) is 65.2 Å². The van der Waals surface area contributed by atoms with Gasteiger partial charge in [0.2, 0.25) is 0 Å². The van der Waals surface area contributed by atoms with E-state index in [1.807, 2.05) is 0 Å². The first-order valence-electron chi connectivity index (χ1n) is 7.29. The Morgan fingerprint density at radius 2 is 1.80 bits per heavy atom. The van der Waals surface area contributed by atoms with Gasteiger partial charge < -0.3 is 10.1 Å². The molecule has 3 rings (SSSR count). The molecule has 1 aliphatic rings. The Morgan fingerprint density at radius 1 is 1.05 bits per heavy atom. The first kappa shape index (κ1) is 13.2. The second-order valence-electron chi connectivity index (χ2n) is 5.62. The Morgan fingerprint density at radius 3 is 2.55 bits per heavy atom. The molecule has 2 aromatic carbocycles. The van der Waals surface area contributed by atoms with Crippen molar-refractivity contribution in [2.75, 3.05) is 6.54 Å². The van der Waals surface area contributed by atoms with E-state index >= 15 is 0 Å². The number of rotatable bonds is 3. The lowest BCUT2D eigenvalue weighted by molar-refractivity contribution is 0.242. The second kappa shape index (κ2) is 5.68. The van der Waals surface area contributed by atoms with Gasteiger partial charge in [-0.15, -0.1) is 0 Å². The van der Waals surface area contributed by atoms with Gasteiger partial charge in [-0.2, -0.15) is 0 Å². The minimum atomic E-state index is 0.220. The molecule has 0 aromatic heterocycles. The minimum absolute atomic E-state index is 0.220. The molecule has 0 radical (unpaired) electrons. The highest BCUT2D eigenvalue weighted by atomic mass is 16.5. The molecule has 104 valence electrons. The molecular formula is C18H21NO. The fraction of sp³-hybridized carbons (Fsp3) is 0.333. The molecule has 1 N–H and O–H groups in total. The van der Waals surface area contributed by atoms with Gasteiger partial charge in [0.05, 0.1) is 6.10 Å². The molecule has 1 atom stereocenters. The van der Waals surface area contributed by atoms with Crippen LogP contribution in [0.5, 0.6) is 5.75 Å². The maximum Gasteiger partial charge on any atom is 0.119 e. The van der Waals surface area contributed by atoms with E-state index in [2.05, 4.69) is 67.7 Å². The largest absolute Gasteiger partial charge is 0.491 e. The van der Waals surface area contributed by atoms with E-state index in [4.69, 9.17) is 4.74 Å². The number of hydrogen-bond donors (Lipinski definition) is 1. The summed E-state index contributed by atoms with van der Waals surface area (Å²) in [4.78, 5) is 0. The zero-order chi connectivity index (χ0) is 13.9. The summed E-state index contributed by atoms with van der Waals surface area (Å²) in [6.45, 7) is 6.08. The Bertz CT molecular complexity index is 574. The summed E-state index contributed by atoms with van der Waals surface area (Å²) in [5, 5.41) is 3.51. The second-order valence-corrected chi connectivity index (χ2v) is 5.62. The van der Waals surface area contributed by atoms with Crippen molar-refractivity contribution >= 4 is 0 Å². The summed E-state index contributed by atoms with van der Waals surface area (Å²) in [7, 11) is 0. The molecule has 0 saturated heterocycles. The summed E-state index contributed by atoms with van der Waals surface area (Å²) < 4.78 is 5.71. The SMILES string of the molecule is CC(C)Oc1ccc(C2CNCc3ccccc32)cc1. The summed E-state index contributed by atoms with van der Waals surface area (Å²) in [5.41, 5.74) is 4.20. The smallest absolute Gasteiger partial charge is 0.119 e. The van der Waals surface area contributed by atoms with Crippen LogP contribution in [-0.4, -0.2) is 12.6 Å². The van der Waals surface area contributed by atoms with E-state index in [1.54, 1.807) is 0 Å². The molecule has 20 heavy (non-hydrogen) atoms. The van der Waals surface area contributed by atoms with E-state index in [0.29, 0.717) is 5.92 Å². The molecule has 1 heterocycles. The van der Waals surface area contributed by atoms with Gasteiger partial charge in [0.25, 0.3) is 0 Å². The molecule has 2 heteroatoms. The zero-order valence-electron chi connectivity index (χ0n) is 12.1. The summed E-state index contributed by atoms with van der Waals surface area (Å²) >= 11 is 0. The molecule has 0 fully saturated rings. The Hall–Kier alpha value is -1.80. The van der Waals surface area contributed by atoms with E-state index in [0.717, 1.165) is 18.8 Å². The standard InChI is InChI=1S/C18H21NO/c1-13(2)20-16-9-7-14(8-10-16)18-12-19-11-15-5-3-4-6-17(15)18/h3-10,13,18-19H,11-12H2,1-2H3. The summed E-state index contributed by atoms with van der Waals surface area (Å²) in [6, 6.07) is 17.2. The quantitative estimate of drug-likeness (QED) is 0.915. The van der Waals surface area contributed by atoms with Crippen LogP contribution in [0, 0.1) is 0 Å². The predicted molar refractivity (Wildman–Crippen MR) is 82.2 cm³/mol. The number of benzene rings is 2. The number of ether oxygens (including phenoxy) is 1. The molecular weight excluding hydrogens is 246 g/mol. The molecule has 2 aromatic rings. The van der Waals surface area contributed by atoms with E-state index in [-0.39, 0.29) is 6.10 Å². The van der Waals surface area contributed by atoms with Crippen molar-refractivity contribution < 1.29 is 4.74 Å². The van der Waals surface area contributed by atoms with Gasteiger partial charge >= 0.3 is 0 Å². The van der Waals surface area contributed by atoms with Crippen molar-refractivity contribution in [3.8, 4) is 5.75 Å². The molecule has 0 spiro atoms. The maximum absolute atomic E-state index is 5.71. The van der Waals surface area contributed by atoms with Crippen LogP contribution in [-0.2, 0) is 6.54 Å². The van der Waals surface area contributed by atoms with Gasteiger partial charge in [0.1, 0.15) is 5.75 Å². The maximum atomic E-state index is 5.71. The Kier molecular flexibility index (Phi) is 3.75. The molecule has 1 aliphatic heterocycles. The highest BCUT2D eigenvalue weighted by Gasteiger charge is 2.20. The van der Waals surface area contributed by atoms with Gasteiger partial charge in [0, 0.05) is 19.0 Å². The molecule has 0 bridgehead atoms. The third-order valence-electron chi connectivity index (χ3n) is 3.75. The number of hydrogen-bond acceptors (Lipinski definition) is 2. The fourth-order valence-corrected chi connectivity index (χ4v) is 2.84. The van der Waals surface area contributed by atoms with Crippen LogP contribution < -0.4 is 10.1 Å². The first-order valence-corrected chi connectivity index (χ1v) is 7.29. The highest BCUT2D eigenvalue weighted by Crippen LogP contribution is 2.30. The van der Waals surface area contributed by atoms with Crippen molar-refractivity contribution in [1.82, 2.24) is 5.32 Å². The Balaban J connectivity index is 1.87. The molecule has 1 unspecified atom stereocenters. The van der Waals surface area contributed by atoms with Crippen LogP contribution in [0.4, 0.5) is 0 Å². The van der Waals surface area contributed by atoms with Crippen LogP contribution in [0.1, 0.15) is 36.5 Å². The monoisotopic (exact) mass is 267 g/mol. The van der Waals surface area contributed by atoms with Gasteiger partial charge in [-0.05, 0) is 42.7 Å². The molecule has 2 nitrogen and oxygen atoms in total. The number of fused-ring (bicyclic) bond motifs is 1. The Labute approximate surface area is 120 Å². The van der Waals surface area contributed by atoms with Gasteiger partial charge in [-0.3, -0.25) is 0 Å². The molecule has 0 aliphatic carbocycles. The molecule has 0 amide bonds. The lowest BCUT2D eigenvalue weighted by atomic mass is 9.85. The summed E-state index contributed by atoms with van der Waals surface area (Å²) in [6.07, 6.45) is 0.220. The van der Waals surface area contributed by atoms with Crippen molar-refractivity contribution in [1.29, 1.82) is 0 Å². The van der Waals surface area contributed by atoms with Crippen LogP contribution in [0.15, 0.2) is 48.5 Å². The lowest BCUT2D eigenvalue weighted by Gasteiger charge is -2.27. The molecule has 0 saturated carbocycles. The van der Waals surface area contributed by atoms with Gasteiger partial charge in [-0.25, -0.2) is 0 Å². The third kappa shape index (κ3) is 2.70. The van der Waals surface area contributed by atoms with Crippen molar-refractivity contribution in [3.63, 3.8) is 0 Å². The highest BCUT2D eigenvalue weighted by molar-refractivity contribution is 5.41. The van der Waals surface area contributed by atoms with Crippen LogP contribution >= 0.6 is 0 Å². The normalized spacial score (nSPS) is 17.9. The van der Waals surface area contributed by atoms with E-state index in [9.17, 15) is 0 Å². The van der Waals surface area contributed by atoms with Gasteiger partial charge in [0.15, 0.2) is 0 Å². The van der Waals surface area contributed by atoms with Crippen LogP contribution in [0.3, 0.4) is 0 Å². The van der Waals surface area contributed by atoms with Gasteiger partial charge in [-0.1, -0.05) is 36.4 Å².